The minimum absolute atomic E-state index is 0.0374. The molecule has 0 amide bonds. The highest BCUT2D eigenvalue weighted by Gasteiger charge is 2.69. The van der Waals surface area contributed by atoms with E-state index in [-0.39, 0.29) is 23.1 Å². The Bertz CT molecular complexity index is 1880. The first-order valence-electron chi connectivity index (χ1n) is 18.3. The molecule has 5 rings (SSSR count). The minimum Gasteiger partial charge on any atom is -0.462 e. The van der Waals surface area contributed by atoms with E-state index in [0.29, 0.717) is 0 Å². The molecule has 1 aliphatic heterocycles. The standard InChI is InChI=1S/C41H47NO14/c1-20-18-41(56-26(7)46)29(30(20)50-23(4)43)31(51-24(5)44)21(2)32(52-25(6)45)34(54-38(48)27-14-11-10-12-15-27)37(55-39(49)28-16-13-17-42-19-28)40(8,9)36-33(53-36)22(3)35(41)47/h10-17,19-20,22,29-34,36-37H,2,18H2,1,3-9H3/t20-,22+,29+,30-,31-,32-,33-,34+,36-,37-,41+/m0/s1. The van der Waals surface area contributed by atoms with E-state index in [1.54, 1.807) is 45.9 Å². The highest BCUT2D eigenvalue weighted by atomic mass is 16.6. The third-order valence-corrected chi connectivity index (χ3v) is 10.6. The molecule has 0 spiro atoms. The Morgan fingerprint density at radius 3 is 1.91 bits per heavy atom. The molecule has 3 fully saturated rings. The molecule has 1 aromatic heterocycles. The number of Topliss-reactive ketones (excluding diaryl/α,β-unsaturated/α-hetero) is 1. The molecule has 0 bridgehead atoms. The molecule has 0 unspecified atom stereocenters. The van der Waals surface area contributed by atoms with Crippen LogP contribution in [0.4, 0.5) is 0 Å². The first-order chi connectivity index (χ1) is 26.3. The molecule has 2 saturated carbocycles. The second-order valence-electron chi connectivity index (χ2n) is 15.2. The molecular weight excluding hydrogens is 730 g/mol. The lowest BCUT2D eigenvalue weighted by Gasteiger charge is -2.45. The van der Waals surface area contributed by atoms with Crippen molar-refractivity contribution in [3.8, 4) is 0 Å². The SMILES string of the molecule is C=C1[C@H](OC(C)=O)[C@@H](OC(=O)c2ccccc2)[C@H](OC(=O)c2cccnc2)C(C)(C)[C@H]2O[C@H]2[C@@H](C)C(=O)[C@@]2(OC(C)=O)C[C@H](C)[C@H](OC(C)=O)[C@@H]2[C@H]1OC(C)=O. The fourth-order valence-electron chi connectivity index (χ4n) is 8.24. The number of ketones is 1. The van der Waals surface area contributed by atoms with E-state index in [1.807, 2.05) is 0 Å². The lowest BCUT2D eigenvalue weighted by molar-refractivity contribution is -0.188. The van der Waals surface area contributed by atoms with Crippen molar-refractivity contribution < 1.29 is 66.7 Å². The van der Waals surface area contributed by atoms with Crippen molar-refractivity contribution in [2.75, 3.05) is 0 Å². The number of aromatic nitrogens is 1. The summed E-state index contributed by atoms with van der Waals surface area (Å²) in [5.41, 5.74) is -3.58. The van der Waals surface area contributed by atoms with Crippen molar-refractivity contribution in [3.63, 3.8) is 0 Å². The van der Waals surface area contributed by atoms with Crippen LogP contribution in [-0.4, -0.2) is 94.9 Å². The van der Waals surface area contributed by atoms with E-state index in [4.69, 9.17) is 33.2 Å². The Morgan fingerprint density at radius 1 is 0.750 bits per heavy atom. The molecule has 2 aromatic rings. The van der Waals surface area contributed by atoms with Crippen molar-refractivity contribution in [1.29, 1.82) is 0 Å². The second kappa shape index (κ2) is 16.3. The number of epoxide rings is 1. The number of esters is 6. The van der Waals surface area contributed by atoms with Gasteiger partial charge in [-0.2, -0.15) is 0 Å². The van der Waals surface area contributed by atoms with Crippen LogP contribution in [-0.2, 0) is 57.1 Å². The summed E-state index contributed by atoms with van der Waals surface area (Å²) in [6.45, 7) is 15.2. The van der Waals surface area contributed by atoms with Crippen LogP contribution in [0.1, 0.15) is 82.5 Å². The van der Waals surface area contributed by atoms with Crippen LogP contribution in [0.3, 0.4) is 0 Å². The lowest BCUT2D eigenvalue weighted by Crippen LogP contribution is -2.60. The first kappa shape index (κ1) is 41.7. The van der Waals surface area contributed by atoms with Gasteiger partial charge in [0.25, 0.3) is 0 Å². The summed E-state index contributed by atoms with van der Waals surface area (Å²) in [5, 5.41) is 0. The van der Waals surface area contributed by atoms with Crippen LogP contribution in [0.5, 0.6) is 0 Å². The lowest BCUT2D eigenvalue weighted by atomic mass is 9.69. The quantitative estimate of drug-likeness (QED) is 0.160. The van der Waals surface area contributed by atoms with Gasteiger partial charge in [0.15, 0.2) is 29.7 Å². The van der Waals surface area contributed by atoms with Gasteiger partial charge in [0, 0.05) is 63.4 Å². The number of hydrogen-bond acceptors (Lipinski definition) is 15. The third kappa shape index (κ3) is 8.37. The van der Waals surface area contributed by atoms with E-state index in [1.165, 1.54) is 36.7 Å². The van der Waals surface area contributed by atoms with Gasteiger partial charge >= 0.3 is 35.8 Å². The van der Waals surface area contributed by atoms with Crippen LogP contribution in [0, 0.1) is 23.2 Å². The number of fused-ring (bicyclic) bond motifs is 2. The van der Waals surface area contributed by atoms with Crippen LogP contribution >= 0.6 is 0 Å². The molecule has 56 heavy (non-hydrogen) atoms. The van der Waals surface area contributed by atoms with Crippen LogP contribution in [0.15, 0.2) is 67.0 Å². The van der Waals surface area contributed by atoms with E-state index >= 15 is 4.79 Å². The van der Waals surface area contributed by atoms with Gasteiger partial charge in [0.1, 0.15) is 12.2 Å². The molecule has 300 valence electrons. The maximum absolute atomic E-state index is 15.0. The van der Waals surface area contributed by atoms with Gasteiger partial charge in [-0.1, -0.05) is 52.5 Å². The van der Waals surface area contributed by atoms with Crippen molar-refractivity contribution in [2.24, 2.45) is 23.2 Å². The fraction of sp³-hybridized carbons (Fsp3) is 0.512. The molecule has 15 heteroatoms. The molecule has 3 aliphatic rings. The predicted molar refractivity (Wildman–Crippen MR) is 193 cm³/mol. The summed E-state index contributed by atoms with van der Waals surface area (Å²) < 4.78 is 42.4. The molecule has 0 radical (unpaired) electrons. The number of nitrogens with zero attached hydrogens (tertiary/aromatic N) is 1. The maximum atomic E-state index is 15.0. The van der Waals surface area contributed by atoms with Crippen LogP contribution < -0.4 is 0 Å². The number of pyridine rings is 1. The molecule has 11 atom stereocenters. The van der Waals surface area contributed by atoms with Gasteiger partial charge in [0.05, 0.1) is 29.3 Å². The predicted octanol–water partition coefficient (Wildman–Crippen LogP) is 4.15. The summed E-state index contributed by atoms with van der Waals surface area (Å²) in [5.74, 6) is -8.98. The average molecular weight is 778 g/mol. The topological polar surface area (TPSA) is 200 Å². The average Bonchev–Trinajstić information content (AvgIpc) is 3.91. The van der Waals surface area contributed by atoms with E-state index in [0.717, 1.165) is 27.7 Å². The number of ether oxygens (including phenoxy) is 7. The molecule has 2 heterocycles. The number of carbonyl (C=O) groups is 7. The zero-order chi connectivity index (χ0) is 41.3. The Hall–Kier alpha value is -5.44. The monoisotopic (exact) mass is 777 g/mol. The number of rotatable bonds is 8. The summed E-state index contributed by atoms with van der Waals surface area (Å²) in [6, 6.07) is 10.9. The Labute approximate surface area is 324 Å². The fourth-order valence-corrected chi connectivity index (χ4v) is 8.24. The Morgan fingerprint density at radius 2 is 1.34 bits per heavy atom. The Balaban J connectivity index is 1.82. The van der Waals surface area contributed by atoms with E-state index in [2.05, 4.69) is 11.6 Å². The number of hydrogen-bond donors (Lipinski definition) is 0. The molecule has 1 aromatic carbocycles. The molecule has 0 N–H and O–H groups in total. The van der Waals surface area contributed by atoms with E-state index < -0.39 is 113 Å². The normalized spacial score (nSPS) is 32.1. The maximum Gasteiger partial charge on any atom is 0.340 e. The smallest absolute Gasteiger partial charge is 0.340 e. The zero-order valence-corrected chi connectivity index (χ0v) is 32.5. The number of benzene rings is 1. The second-order valence-corrected chi connectivity index (χ2v) is 15.2. The largest absolute Gasteiger partial charge is 0.462 e. The summed E-state index contributed by atoms with van der Waals surface area (Å²) in [7, 11) is 0. The third-order valence-electron chi connectivity index (χ3n) is 10.6. The van der Waals surface area contributed by atoms with Crippen molar-refractivity contribution >= 4 is 41.6 Å². The molecule has 2 aliphatic carbocycles. The van der Waals surface area contributed by atoms with Crippen molar-refractivity contribution in [3.05, 3.63) is 78.1 Å². The van der Waals surface area contributed by atoms with Gasteiger partial charge in [-0.25, -0.2) is 9.59 Å². The summed E-state index contributed by atoms with van der Waals surface area (Å²) >= 11 is 0. The van der Waals surface area contributed by atoms with Crippen LogP contribution in [0.2, 0.25) is 0 Å². The van der Waals surface area contributed by atoms with Gasteiger partial charge < -0.3 is 33.2 Å². The molecule has 15 nitrogen and oxygen atoms in total. The van der Waals surface area contributed by atoms with Crippen molar-refractivity contribution in [1.82, 2.24) is 4.98 Å². The summed E-state index contributed by atoms with van der Waals surface area (Å²) in [4.78, 5) is 98.8. The van der Waals surface area contributed by atoms with Gasteiger partial charge in [-0.3, -0.25) is 29.0 Å². The zero-order valence-electron chi connectivity index (χ0n) is 32.5. The molecule has 1 saturated heterocycles. The van der Waals surface area contributed by atoms with Crippen LogP contribution in [0.25, 0.3) is 0 Å². The highest BCUT2D eigenvalue weighted by molar-refractivity contribution is 5.93. The van der Waals surface area contributed by atoms with Gasteiger partial charge in [0.2, 0.25) is 0 Å². The van der Waals surface area contributed by atoms with E-state index in [9.17, 15) is 28.8 Å². The first-order valence-corrected chi connectivity index (χ1v) is 18.3. The highest BCUT2D eigenvalue weighted by Crippen LogP contribution is 2.54. The minimum atomic E-state index is -2.10. The molecular formula is C41H47NO14. The van der Waals surface area contributed by atoms with Gasteiger partial charge in [-0.15, -0.1) is 0 Å². The van der Waals surface area contributed by atoms with Crippen molar-refractivity contribution in [2.45, 2.75) is 110 Å². The van der Waals surface area contributed by atoms with Gasteiger partial charge in [-0.05, 0) is 30.2 Å². The number of carbonyl (C=O) groups excluding carboxylic acids is 7. The summed E-state index contributed by atoms with van der Waals surface area (Å²) in [6.07, 6.45) is -7.17. The Kier molecular flexibility index (Phi) is 12.2.